The predicted molar refractivity (Wildman–Crippen MR) is 111 cm³/mol. The zero-order valence-electron chi connectivity index (χ0n) is 16.3. The van der Waals surface area contributed by atoms with E-state index < -0.39 is 5.76 Å². The maximum absolute atomic E-state index is 12.4. The molecule has 2 heterocycles. The summed E-state index contributed by atoms with van der Waals surface area (Å²) >= 11 is 0. The number of hydrogen-bond donors (Lipinski definition) is 1. The fourth-order valence-corrected chi connectivity index (χ4v) is 3.46. The number of benzene rings is 2. The van der Waals surface area contributed by atoms with Gasteiger partial charge in [0.1, 0.15) is 0 Å². The molecule has 4 rings (SSSR count). The molecule has 1 aromatic heterocycles. The van der Waals surface area contributed by atoms with Gasteiger partial charge in [0.2, 0.25) is 5.91 Å². The van der Waals surface area contributed by atoms with Crippen LogP contribution < -0.4 is 16.0 Å². The average molecular weight is 396 g/mol. The molecule has 152 valence electrons. The van der Waals surface area contributed by atoms with Crippen LogP contribution in [0.3, 0.4) is 0 Å². The van der Waals surface area contributed by atoms with Gasteiger partial charge in [0.15, 0.2) is 5.58 Å². The van der Waals surface area contributed by atoms with Gasteiger partial charge in [0, 0.05) is 24.5 Å². The summed E-state index contributed by atoms with van der Waals surface area (Å²) in [5.74, 6) is -0.579. The highest BCUT2D eigenvalue weighted by atomic mass is 16.5. The first-order valence-electron chi connectivity index (χ1n) is 9.60. The summed E-state index contributed by atoms with van der Waals surface area (Å²) in [5, 5.41) is 2.90. The van der Waals surface area contributed by atoms with E-state index in [1.807, 2.05) is 42.5 Å². The number of morpholine rings is 1. The molecule has 1 N–H and O–H groups in total. The van der Waals surface area contributed by atoms with Gasteiger partial charge in [-0.3, -0.25) is 14.3 Å². The molecule has 1 saturated heterocycles. The van der Waals surface area contributed by atoms with E-state index in [0.29, 0.717) is 11.1 Å². The zero-order valence-corrected chi connectivity index (χ0v) is 16.3. The number of fused-ring (bicyclic) bond motifs is 1. The molecule has 1 amide bonds. The molecule has 8 nitrogen and oxygen atoms in total. The standard InChI is InChI=1S/C21H24N4O4/c1-23(15-25-18-4-2-3-5-19(18)29-21(25)27)14-20(26)22-16-6-8-17(9-7-16)24-10-12-28-13-11-24/h2-9H,10-15H2,1H3,(H,22,26). The average Bonchev–Trinajstić information content (AvgIpc) is 3.04. The van der Waals surface area contributed by atoms with Crippen molar-refractivity contribution in [3.8, 4) is 0 Å². The first-order valence-corrected chi connectivity index (χ1v) is 9.60. The number of hydrogen-bond acceptors (Lipinski definition) is 6. The molecule has 0 aliphatic carbocycles. The molecular formula is C21H24N4O4. The van der Waals surface area contributed by atoms with E-state index in [9.17, 15) is 9.59 Å². The molecular weight excluding hydrogens is 372 g/mol. The molecule has 1 aliphatic rings. The molecule has 0 saturated carbocycles. The number of nitrogens with one attached hydrogen (secondary N) is 1. The van der Waals surface area contributed by atoms with E-state index in [4.69, 9.17) is 9.15 Å². The minimum atomic E-state index is -0.433. The molecule has 0 bridgehead atoms. The van der Waals surface area contributed by atoms with E-state index in [-0.39, 0.29) is 19.1 Å². The summed E-state index contributed by atoms with van der Waals surface area (Å²) in [6.45, 7) is 3.63. The quantitative estimate of drug-likeness (QED) is 0.686. The lowest BCUT2D eigenvalue weighted by Gasteiger charge is -2.28. The first-order chi connectivity index (χ1) is 14.1. The molecule has 0 unspecified atom stereocenters. The Bertz CT molecular complexity index is 1030. The third kappa shape index (κ3) is 4.49. The lowest BCUT2D eigenvalue weighted by Crippen LogP contribution is -2.36. The number of para-hydroxylation sites is 2. The van der Waals surface area contributed by atoms with Crippen LogP contribution in [-0.2, 0) is 16.2 Å². The summed E-state index contributed by atoms with van der Waals surface area (Å²) in [5.41, 5.74) is 3.11. The van der Waals surface area contributed by atoms with Gasteiger partial charge >= 0.3 is 5.76 Å². The fourth-order valence-electron chi connectivity index (χ4n) is 3.46. The number of amides is 1. The van der Waals surface area contributed by atoms with Crippen LogP contribution in [0.2, 0.25) is 0 Å². The predicted octanol–water partition coefficient (Wildman–Crippen LogP) is 1.96. The molecule has 0 radical (unpaired) electrons. The number of carbonyl (C=O) groups is 1. The van der Waals surface area contributed by atoms with E-state index in [0.717, 1.165) is 37.7 Å². The smallest absolute Gasteiger partial charge is 0.408 e. The van der Waals surface area contributed by atoms with Gasteiger partial charge in [-0.25, -0.2) is 4.79 Å². The Morgan fingerprint density at radius 1 is 1.10 bits per heavy atom. The van der Waals surface area contributed by atoms with Crippen molar-refractivity contribution in [2.45, 2.75) is 6.67 Å². The monoisotopic (exact) mass is 396 g/mol. The fraction of sp³-hybridized carbons (Fsp3) is 0.333. The third-order valence-electron chi connectivity index (χ3n) is 4.90. The van der Waals surface area contributed by atoms with Crippen LogP contribution in [0.5, 0.6) is 0 Å². The van der Waals surface area contributed by atoms with Gasteiger partial charge in [-0.15, -0.1) is 0 Å². The van der Waals surface area contributed by atoms with Crippen LogP contribution in [0.25, 0.3) is 11.1 Å². The molecule has 0 spiro atoms. The summed E-state index contributed by atoms with van der Waals surface area (Å²) in [6, 6.07) is 15.0. The lowest BCUT2D eigenvalue weighted by atomic mass is 10.2. The molecule has 1 fully saturated rings. The summed E-state index contributed by atoms with van der Waals surface area (Å²) in [7, 11) is 1.79. The molecule has 29 heavy (non-hydrogen) atoms. The third-order valence-corrected chi connectivity index (χ3v) is 4.90. The van der Waals surface area contributed by atoms with Crippen molar-refractivity contribution in [1.29, 1.82) is 0 Å². The number of nitrogens with zero attached hydrogens (tertiary/aromatic N) is 3. The van der Waals surface area contributed by atoms with Crippen LogP contribution in [0.15, 0.2) is 57.7 Å². The van der Waals surface area contributed by atoms with Crippen LogP contribution in [0.1, 0.15) is 0 Å². The van der Waals surface area contributed by atoms with Gasteiger partial charge in [0.25, 0.3) is 0 Å². The Morgan fingerprint density at radius 3 is 2.59 bits per heavy atom. The van der Waals surface area contributed by atoms with Gasteiger partial charge in [-0.05, 0) is 43.4 Å². The minimum Gasteiger partial charge on any atom is -0.408 e. The molecule has 8 heteroatoms. The van der Waals surface area contributed by atoms with Crippen molar-refractivity contribution in [2.24, 2.45) is 0 Å². The first kappa shape index (κ1) is 19.2. The number of anilines is 2. The van der Waals surface area contributed by atoms with Crippen LogP contribution >= 0.6 is 0 Å². The second kappa shape index (κ2) is 8.50. The number of oxazole rings is 1. The van der Waals surface area contributed by atoms with Crippen LogP contribution in [0.4, 0.5) is 11.4 Å². The van der Waals surface area contributed by atoms with Crippen molar-refractivity contribution in [1.82, 2.24) is 9.47 Å². The Labute approximate surface area is 168 Å². The molecule has 1 aliphatic heterocycles. The molecule has 3 aromatic rings. The highest BCUT2D eigenvalue weighted by Crippen LogP contribution is 2.19. The number of ether oxygens (including phenoxy) is 1. The van der Waals surface area contributed by atoms with Gasteiger partial charge in [-0.1, -0.05) is 12.1 Å². The van der Waals surface area contributed by atoms with E-state index in [1.54, 1.807) is 18.0 Å². The Balaban J connectivity index is 1.34. The maximum atomic E-state index is 12.4. The van der Waals surface area contributed by atoms with E-state index in [1.165, 1.54) is 4.57 Å². The second-order valence-electron chi connectivity index (χ2n) is 7.11. The van der Waals surface area contributed by atoms with Crippen molar-refractivity contribution in [2.75, 3.05) is 50.1 Å². The number of likely N-dealkylation sites (N-methyl/N-ethyl adjacent to an activating group) is 1. The SMILES string of the molecule is CN(CC(=O)Nc1ccc(N2CCOCC2)cc1)Cn1c(=O)oc2ccccc21. The lowest BCUT2D eigenvalue weighted by molar-refractivity contribution is -0.117. The number of carbonyl (C=O) groups excluding carboxylic acids is 1. The van der Waals surface area contributed by atoms with Crippen molar-refractivity contribution >= 4 is 28.4 Å². The minimum absolute atomic E-state index is 0.146. The second-order valence-corrected chi connectivity index (χ2v) is 7.11. The van der Waals surface area contributed by atoms with Gasteiger partial charge < -0.3 is 19.4 Å². The highest BCUT2D eigenvalue weighted by Gasteiger charge is 2.14. The number of aromatic nitrogens is 1. The van der Waals surface area contributed by atoms with Crippen LogP contribution in [0, 0.1) is 0 Å². The molecule has 0 atom stereocenters. The number of rotatable bonds is 6. The van der Waals surface area contributed by atoms with E-state index >= 15 is 0 Å². The maximum Gasteiger partial charge on any atom is 0.421 e. The topological polar surface area (TPSA) is 80.0 Å². The van der Waals surface area contributed by atoms with Crippen LogP contribution in [-0.4, -0.2) is 55.3 Å². The summed E-state index contributed by atoms with van der Waals surface area (Å²) < 4.78 is 12.1. The Kier molecular flexibility index (Phi) is 5.64. The summed E-state index contributed by atoms with van der Waals surface area (Å²) in [6.07, 6.45) is 0. The Morgan fingerprint density at radius 2 is 1.83 bits per heavy atom. The highest BCUT2D eigenvalue weighted by molar-refractivity contribution is 5.92. The Hall–Kier alpha value is -3.10. The van der Waals surface area contributed by atoms with Gasteiger partial charge in [-0.2, -0.15) is 0 Å². The zero-order chi connectivity index (χ0) is 20.2. The van der Waals surface area contributed by atoms with Gasteiger partial charge in [0.05, 0.1) is 31.9 Å². The van der Waals surface area contributed by atoms with Crippen molar-refractivity contribution in [3.05, 3.63) is 59.1 Å². The molecule has 2 aromatic carbocycles. The normalized spacial score (nSPS) is 14.5. The largest absolute Gasteiger partial charge is 0.421 e. The van der Waals surface area contributed by atoms with Crippen molar-refractivity contribution < 1.29 is 13.9 Å². The summed E-state index contributed by atoms with van der Waals surface area (Å²) in [4.78, 5) is 28.5. The van der Waals surface area contributed by atoms with Crippen molar-refractivity contribution in [3.63, 3.8) is 0 Å². The van der Waals surface area contributed by atoms with E-state index in [2.05, 4.69) is 10.2 Å².